The Labute approximate surface area is 117 Å². The molecule has 1 aliphatic rings. The summed E-state index contributed by atoms with van der Waals surface area (Å²) in [6.45, 7) is 5.15. The lowest BCUT2D eigenvalue weighted by atomic mass is 9.79. The van der Waals surface area contributed by atoms with Gasteiger partial charge in [-0.2, -0.15) is 0 Å². The summed E-state index contributed by atoms with van der Waals surface area (Å²) in [5.74, 6) is 0.650. The van der Waals surface area contributed by atoms with E-state index in [0.29, 0.717) is 18.5 Å². The van der Waals surface area contributed by atoms with Crippen molar-refractivity contribution in [3.05, 3.63) is 35.9 Å². The van der Waals surface area contributed by atoms with Crippen molar-refractivity contribution in [3.63, 3.8) is 0 Å². The maximum absolute atomic E-state index is 10.7. The number of hydrogen-bond donors (Lipinski definition) is 2. The average Bonchev–Trinajstić information content (AvgIpc) is 2.40. The first-order valence-electron chi connectivity index (χ1n) is 7.64. The molecule has 1 aromatic carbocycles. The van der Waals surface area contributed by atoms with Crippen LogP contribution in [0.3, 0.4) is 0 Å². The summed E-state index contributed by atoms with van der Waals surface area (Å²) in [5, 5.41) is 14.2. The molecular formula is C17H27NO. The normalized spacial score (nSPS) is 29.1. The highest BCUT2D eigenvalue weighted by molar-refractivity contribution is 5.18. The van der Waals surface area contributed by atoms with Crippen molar-refractivity contribution in [2.24, 2.45) is 5.92 Å². The molecule has 3 atom stereocenters. The molecule has 1 fully saturated rings. The van der Waals surface area contributed by atoms with Crippen molar-refractivity contribution in [1.82, 2.24) is 5.32 Å². The molecule has 0 amide bonds. The van der Waals surface area contributed by atoms with Crippen molar-refractivity contribution >= 4 is 0 Å². The van der Waals surface area contributed by atoms with Gasteiger partial charge in [0, 0.05) is 12.6 Å². The molecule has 2 nitrogen and oxygen atoms in total. The van der Waals surface area contributed by atoms with Crippen molar-refractivity contribution in [3.8, 4) is 0 Å². The van der Waals surface area contributed by atoms with Gasteiger partial charge in [0.15, 0.2) is 0 Å². The van der Waals surface area contributed by atoms with E-state index in [9.17, 15) is 5.11 Å². The average molecular weight is 261 g/mol. The Balaban J connectivity index is 1.93. The third-order valence-corrected chi connectivity index (χ3v) is 4.36. The molecule has 0 bridgehead atoms. The Morgan fingerprint density at radius 2 is 2.11 bits per heavy atom. The van der Waals surface area contributed by atoms with Crippen LogP contribution in [-0.2, 0) is 0 Å². The Morgan fingerprint density at radius 1 is 1.37 bits per heavy atom. The lowest BCUT2D eigenvalue weighted by Gasteiger charge is -2.37. The Bertz CT molecular complexity index is 378. The SMILES string of the molecule is CCC(NCC1(O)CCCC(C)C1)c1ccccc1. The highest BCUT2D eigenvalue weighted by atomic mass is 16.3. The van der Waals surface area contributed by atoms with E-state index in [1.54, 1.807) is 0 Å². The number of rotatable bonds is 5. The standard InChI is InChI=1S/C17H27NO/c1-3-16(15-9-5-4-6-10-15)18-13-17(19)11-7-8-14(2)12-17/h4-6,9-10,14,16,18-19H,3,7-8,11-13H2,1-2H3. The van der Waals surface area contributed by atoms with Gasteiger partial charge < -0.3 is 10.4 Å². The van der Waals surface area contributed by atoms with Gasteiger partial charge in [0.2, 0.25) is 0 Å². The van der Waals surface area contributed by atoms with Crippen LogP contribution in [0.2, 0.25) is 0 Å². The minimum Gasteiger partial charge on any atom is -0.389 e. The molecule has 19 heavy (non-hydrogen) atoms. The summed E-state index contributed by atoms with van der Waals surface area (Å²) in [7, 11) is 0. The fraction of sp³-hybridized carbons (Fsp3) is 0.647. The van der Waals surface area contributed by atoms with Crippen LogP contribution in [0.1, 0.15) is 57.6 Å². The highest BCUT2D eigenvalue weighted by Gasteiger charge is 2.32. The Morgan fingerprint density at radius 3 is 2.74 bits per heavy atom. The first kappa shape index (κ1) is 14.5. The van der Waals surface area contributed by atoms with Crippen LogP contribution in [0.25, 0.3) is 0 Å². The van der Waals surface area contributed by atoms with Crippen molar-refractivity contribution in [2.75, 3.05) is 6.54 Å². The summed E-state index contributed by atoms with van der Waals surface area (Å²) < 4.78 is 0. The van der Waals surface area contributed by atoms with Gasteiger partial charge >= 0.3 is 0 Å². The molecule has 1 aromatic rings. The van der Waals surface area contributed by atoms with Gasteiger partial charge in [-0.3, -0.25) is 0 Å². The number of nitrogens with one attached hydrogen (secondary N) is 1. The van der Waals surface area contributed by atoms with E-state index in [1.165, 1.54) is 12.0 Å². The molecule has 0 aromatic heterocycles. The third kappa shape index (κ3) is 4.05. The monoisotopic (exact) mass is 261 g/mol. The second-order valence-electron chi connectivity index (χ2n) is 6.18. The Kier molecular flexibility index (Phi) is 5.00. The van der Waals surface area contributed by atoms with Crippen molar-refractivity contribution in [1.29, 1.82) is 0 Å². The zero-order valence-corrected chi connectivity index (χ0v) is 12.2. The first-order chi connectivity index (χ1) is 9.13. The minimum atomic E-state index is -0.500. The van der Waals surface area contributed by atoms with E-state index in [4.69, 9.17) is 0 Å². The molecule has 106 valence electrons. The summed E-state index contributed by atoms with van der Waals surface area (Å²) in [6, 6.07) is 10.9. The second kappa shape index (κ2) is 6.53. The summed E-state index contributed by atoms with van der Waals surface area (Å²) in [5.41, 5.74) is 0.817. The van der Waals surface area contributed by atoms with E-state index in [1.807, 2.05) is 6.07 Å². The van der Waals surface area contributed by atoms with E-state index in [0.717, 1.165) is 25.7 Å². The van der Waals surface area contributed by atoms with Gasteiger partial charge in [0.25, 0.3) is 0 Å². The van der Waals surface area contributed by atoms with Crippen LogP contribution in [0, 0.1) is 5.92 Å². The largest absolute Gasteiger partial charge is 0.389 e. The fourth-order valence-corrected chi connectivity index (χ4v) is 3.29. The maximum atomic E-state index is 10.7. The highest BCUT2D eigenvalue weighted by Crippen LogP contribution is 2.32. The zero-order valence-electron chi connectivity index (χ0n) is 12.2. The van der Waals surface area contributed by atoms with Crippen molar-refractivity contribution in [2.45, 2.75) is 57.6 Å². The molecule has 0 aliphatic heterocycles. The summed E-state index contributed by atoms with van der Waals surface area (Å²) in [6.07, 6.45) is 5.34. The van der Waals surface area contributed by atoms with Crippen LogP contribution in [-0.4, -0.2) is 17.3 Å². The lowest BCUT2D eigenvalue weighted by Crippen LogP contribution is -2.45. The van der Waals surface area contributed by atoms with E-state index in [2.05, 4.69) is 43.4 Å². The second-order valence-corrected chi connectivity index (χ2v) is 6.18. The molecule has 2 rings (SSSR count). The molecule has 0 heterocycles. The number of hydrogen-bond acceptors (Lipinski definition) is 2. The topological polar surface area (TPSA) is 32.3 Å². The number of aliphatic hydroxyl groups is 1. The molecular weight excluding hydrogens is 234 g/mol. The molecule has 2 heteroatoms. The van der Waals surface area contributed by atoms with E-state index >= 15 is 0 Å². The van der Waals surface area contributed by atoms with Crippen LogP contribution in [0.15, 0.2) is 30.3 Å². The van der Waals surface area contributed by atoms with Gasteiger partial charge in [-0.25, -0.2) is 0 Å². The molecule has 0 spiro atoms. The maximum Gasteiger partial charge on any atom is 0.0774 e. The predicted molar refractivity (Wildman–Crippen MR) is 80.1 cm³/mol. The number of benzene rings is 1. The molecule has 1 aliphatic carbocycles. The molecule has 1 saturated carbocycles. The van der Waals surface area contributed by atoms with E-state index < -0.39 is 5.60 Å². The van der Waals surface area contributed by atoms with Gasteiger partial charge in [0.05, 0.1) is 5.60 Å². The summed E-state index contributed by atoms with van der Waals surface area (Å²) in [4.78, 5) is 0. The minimum absolute atomic E-state index is 0.349. The van der Waals surface area contributed by atoms with Crippen LogP contribution >= 0.6 is 0 Å². The predicted octanol–water partition coefficient (Wildman–Crippen LogP) is 3.67. The van der Waals surface area contributed by atoms with E-state index in [-0.39, 0.29) is 0 Å². The fourth-order valence-electron chi connectivity index (χ4n) is 3.29. The third-order valence-electron chi connectivity index (χ3n) is 4.36. The summed E-state index contributed by atoms with van der Waals surface area (Å²) >= 11 is 0. The molecule has 0 saturated heterocycles. The van der Waals surface area contributed by atoms with Crippen LogP contribution < -0.4 is 5.32 Å². The first-order valence-corrected chi connectivity index (χ1v) is 7.64. The Hall–Kier alpha value is -0.860. The molecule has 2 N–H and O–H groups in total. The van der Waals surface area contributed by atoms with Gasteiger partial charge in [0.1, 0.15) is 0 Å². The quantitative estimate of drug-likeness (QED) is 0.847. The lowest BCUT2D eigenvalue weighted by molar-refractivity contribution is -0.0138. The van der Waals surface area contributed by atoms with Crippen LogP contribution in [0.5, 0.6) is 0 Å². The van der Waals surface area contributed by atoms with Crippen molar-refractivity contribution < 1.29 is 5.11 Å². The van der Waals surface area contributed by atoms with Gasteiger partial charge in [-0.15, -0.1) is 0 Å². The van der Waals surface area contributed by atoms with Crippen LogP contribution in [0.4, 0.5) is 0 Å². The zero-order chi connectivity index (χ0) is 13.7. The molecule has 3 unspecified atom stereocenters. The van der Waals surface area contributed by atoms with Gasteiger partial charge in [-0.05, 0) is 30.7 Å². The smallest absolute Gasteiger partial charge is 0.0774 e. The van der Waals surface area contributed by atoms with Gasteiger partial charge in [-0.1, -0.05) is 57.0 Å². The molecule has 0 radical (unpaired) electrons.